The first-order valence-electron chi connectivity index (χ1n) is 4.93. The minimum atomic E-state index is -0.363. The molecule has 0 heterocycles. The van der Waals surface area contributed by atoms with Crippen molar-refractivity contribution in [2.24, 2.45) is 0 Å². The summed E-state index contributed by atoms with van der Waals surface area (Å²) in [5.41, 5.74) is 4.94. The van der Waals surface area contributed by atoms with Gasteiger partial charge in [-0.2, -0.15) is 0 Å². The molecule has 1 aromatic carbocycles. The van der Waals surface area contributed by atoms with E-state index in [0.29, 0.717) is 17.9 Å². The fraction of sp³-hybridized carbons (Fsp3) is 0.273. The number of rotatable bonds is 3. The fourth-order valence-corrected chi connectivity index (χ4v) is 1.09. The molecule has 0 unspecified atom stereocenters. The van der Waals surface area contributed by atoms with E-state index in [-0.39, 0.29) is 11.8 Å². The highest BCUT2D eigenvalue weighted by Gasteiger charge is 2.05. The molecule has 1 aromatic rings. The Bertz CT molecular complexity index is 373. The molecule has 0 atom stereocenters. The molecule has 0 radical (unpaired) electrons. The third kappa shape index (κ3) is 3.61. The number of carbonyl (C=O) groups excluding carboxylic acids is 2. The number of hydrogen-bond donors (Lipinski definition) is 2. The van der Waals surface area contributed by atoms with Crippen LogP contribution in [0.3, 0.4) is 0 Å². The number of hydrazine groups is 1. The molecule has 86 valence electrons. The van der Waals surface area contributed by atoms with Crippen LogP contribution >= 0.6 is 0 Å². The van der Waals surface area contributed by atoms with E-state index in [1.807, 2.05) is 6.92 Å². The molecule has 16 heavy (non-hydrogen) atoms. The number of amides is 2. The lowest BCUT2D eigenvalue weighted by Crippen LogP contribution is -2.40. The average molecular weight is 222 g/mol. The van der Waals surface area contributed by atoms with Gasteiger partial charge < -0.3 is 4.74 Å². The molecular weight excluding hydrogens is 208 g/mol. The molecule has 0 saturated heterocycles. The highest BCUT2D eigenvalue weighted by molar-refractivity contribution is 5.95. The number of carbonyl (C=O) groups is 2. The van der Waals surface area contributed by atoms with E-state index >= 15 is 0 Å². The molecule has 0 aromatic heterocycles. The van der Waals surface area contributed by atoms with Crippen molar-refractivity contribution in [1.29, 1.82) is 0 Å². The summed E-state index contributed by atoms with van der Waals surface area (Å²) < 4.78 is 5.24. The lowest BCUT2D eigenvalue weighted by Gasteiger charge is -2.06. The molecule has 5 heteroatoms. The minimum absolute atomic E-state index is 0.320. The smallest absolute Gasteiger partial charge is 0.269 e. The summed E-state index contributed by atoms with van der Waals surface area (Å²) in [6, 6.07) is 6.66. The van der Waals surface area contributed by atoms with Crippen molar-refractivity contribution in [3.63, 3.8) is 0 Å². The molecule has 0 saturated carbocycles. The topological polar surface area (TPSA) is 67.4 Å². The average Bonchev–Trinajstić information content (AvgIpc) is 2.27. The SMILES string of the molecule is CCOc1ccc(C(=O)NNC(C)=O)cc1. The van der Waals surface area contributed by atoms with Crippen LogP contribution in [0.15, 0.2) is 24.3 Å². The van der Waals surface area contributed by atoms with Crippen molar-refractivity contribution in [3.05, 3.63) is 29.8 Å². The van der Waals surface area contributed by atoms with Crippen LogP contribution in [0, 0.1) is 0 Å². The monoisotopic (exact) mass is 222 g/mol. The molecule has 5 nitrogen and oxygen atoms in total. The zero-order chi connectivity index (χ0) is 12.0. The van der Waals surface area contributed by atoms with Crippen LogP contribution in [0.4, 0.5) is 0 Å². The van der Waals surface area contributed by atoms with E-state index in [9.17, 15) is 9.59 Å². The summed E-state index contributed by atoms with van der Waals surface area (Å²) in [7, 11) is 0. The molecule has 0 aliphatic rings. The van der Waals surface area contributed by atoms with Crippen molar-refractivity contribution < 1.29 is 14.3 Å². The third-order valence-corrected chi connectivity index (χ3v) is 1.78. The Morgan fingerprint density at radius 2 is 1.81 bits per heavy atom. The molecule has 2 amide bonds. The van der Waals surface area contributed by atoms with Crippen LogP contribution in [0.2, 0.25) is 0 Å². The van der Waals surface area contributed by atoms with E-state index in [1.165, 1.54) is 6.92 Å². The number of nitrogens with one attached hydrogen (secondary N) is 2. The largest absolute Gasteiger partial charge is 0.494 e. The van der Waals surface area contributed by atoms with Gasteiger partial charge in [0.2, 0.25) is 5.91 Å². The number of benzene rings is 1. The molecule has 0 bridgehead atoms. The van der Waals surface area contributed by atoms with Crippen LogP contribution in [0.25, 0.3) is 0 Å². The summed E-state index contributed by atoms with van der Waals surface area (Å²) in [5.74, 6) is 0.0242. The van der Waals surface area contributed by atoms with Gasteiger partial charge >= 0.3 is 0 Å². The number of ether oxygens (including phenoxy) is 1. The molecule has 0 aliphatic heterocycles. The highest BCUT2D eigenvalue weighted by atomic mass is 16.5. The van der Waals surface area contributed by atoms with Gasteiger partial charge in [-0.3, -0.25) is 20.4 Å². The van der Waals surface area contributed by atoms with E-state index in [1.54, 1.807) is 24.3 Å². The maximum atomic E-state index is 11.5. The Morgan fingerprint density at radius 1 is 1.19 bits per heavy atom. The van der Waals surface area contributed by atoms with E-state index in [0.717, 1.165) is 0 Å². The lowest BCUT2D eigenvalue weighted by molar-refractivity contribution is -0.119. The van der Waals surface area contributed by atoms with E-state index in [2.05, 4.69) is 10.9 Å². The molecule has 2 N–H and O–H groups in total. The second-order valence-electron chi connectivity index (χ2n) is 3.09. The Balaban J connectivity index is 2.59. The summed E-state index contributed by atoms with van der Waals surface area (Å²) >= 11 is 0. The Morgan fingerprint density at radius 3 is 2.31 bits per heavy atom. The van der Waals surface area contributed by atoms with Crippen LogP contribution in [0.1, 0.15) is 24.2 Å². The highest BCUT2D eigenvalue weighted by Crippen LogP contribution is 2.11. The van der Waals surface area contributed by atoms with Crippen molar-refractivity contribution >= 4 is 11.8 Å². The van der Waals surface area contributed by atoms with Gasteiger partial charge in [0.25, 0.3) is 5.91 Å². The van der Waals surface area contributed by atoms with Crippen LogP contribution in [0.5, 0.6) is 5.75 Å². The van der Waals surface area contributed by atoms with Gasteiger partial charge in [0.15, 0.2) is 0 Å². The van der Waals surface area contributed by atoms with Crippen molar-refractivity contribution in [2.45, 2.75) is 13.8 Å². The van der Waals surface area contributed by atoms with Crippen molar-refractivity contribution in [1.82, 2.24) is 10.9 Å². The maximum Gasteiger partial charge on any atom is 0.269 e. The van der Waals surface area contributed by atoms with Gasteiger partial charge in [0, 0.05) is 12.5 Å². The van der Waals surface area contributed by atoms with Crippen LogP contribution in [-0.2, 0) is 4.79 Å². The minimum Gasteiger partial charge on any atom is -0.494 e. The van der Waals surface area contributed by atoms with Crippen molar-refractivity contribution in [3.8, 4) is 5.75 Å². The standard InChI is InChI=1S/C11H14N2O3/c1-3-16-10-6-4-9(5-7-10)11(15)13-12-8(2)14/h4-7H,3H2,1-2H3,(H,12,14)(H,13,15). The van der Waals surface area contributed by atoms with Gasteiger partial charge in [0.1, 0.15) is 5.75 Å². The van der Waals surface area contributed by atoms with Gasteiger partial charge in [-0.05, 0) is 31.2 Å². The zero-order valence-electron chi connectivity index (χ0n) is 9.24. The molecule has 0 spiro atoms. The van der Waals surface area contributed by atoms with Crippen LogP contribution in [-0.4, -0.2) is 18.4 Å². The first-order chi connectivity index (χ1) is 7.63. The van der Waals surface area contributed by atoms with Crippen LogP contribution < -0.4 is 15.6 Å². The first-order valence-corrected chi connectivity index (χ1v) is 4.93. The predicted octanol–water partition coefficient (Wildman–Crippen LogP) is 0.866. The molecule has 0 fully saturated rings. The first kappa shape index (κ1) is 12.0. The molecule has 0 aliphatic carbocycles. The third-order valence-electron chi connectivity index (χ3n) is 1.78. The fourth-order valence-electron chi connectivity index (χ4n) is 1.09. The summed E-state index contributed by atoms with van der Waals surface area (Å²) in [6.45, 7) is 3.79. The normalized spacial score (nSPS) is 9.38. The number of hydrogen-bond acceptors (Lipinski definition) is 3. The van der Waals surface area contributed by atoms with Crippen molar-refractivity contribution in [2.75, 3.05) is 6.61 Å². The van der Waals surface area contributed by atoms with Gasteiger partial charge in [0.05, 0.1) is 6.61 Å². The second kappa shape index (κ2) is 5.75. The second-order valence-corrected chi connectivity index (χ2v) is 3.09. The lowest BCUT2D eigenvalue weighted by atomic mass is 10.2. The van der Waals surface area contributed by atoms with E-state index < -0.39 is 0 Å². The van der Waals surface area contributed by atoms with E-state index in [4.69, 9.17) is 4.74 Å². The van der Waals surface area contributed by atoms with Gasteiger partial charge in [-0.1, -0.05) is 0 Å². The Hall–Kier alpha value is -2.04. The molecular formula is C11H14N2O3. The maximum absolute atomic E-state index is 11.5. The Kier molecular flexibility index (Phi) is 4.32. The predicted molar refractivity (Wildman–Crippen MR) is 58.9 cm³/mol. The molecule has 1 rings (SSSR count). The zero-order valence-corrected chi connectivity index (χ0v) is 9.24. The summed E-state index contributed by atoms with van der Waals surface area (Å²) in [5, 5.41) is 0. The summed E-state index contributed by atoms with van der Waals surface area (Å²) in [6.07, 6.45) is 0. The van der Waals surface area contributed by atoms with Gasteiger partial charge in [-0.15, -0.1) is 0 Å². The Labute approximate surface area is 93.8 Å². The van der Waals surface area contributed by atoms with Gasteiger partial charge in [-0.25, -0.2) is 0 Å². The summed E-state index contributed by atoms with van der Waals surface area (Å²) in [4.78, 5) is 22.0. The quantitative estimate of drug-likeness (QED) is 0.745.